The number of likely N-dealkylation sites (tertiary alicyclic amines) is 1. The third-order valence-corrected chi connectivity index (χ3v) is 7.68. The second-order valence-corrected chi connectivity index (χ2v) is 9.64. The van der Waals surface area contributed by atoms with E-state index in [-0.39, 0.29) is 5.91 Å². The van der Waals surface area contributed by atoms with Crippen LogP contribution >= 0.6 is 0 Å². The fourth-order valence-corrected chi connectivity index (χ4v) is 5.91. The first-order valence-corrected chi connectivity index (χ1v) is 12.1. The molecule has 5 rings (SSSR count). The van der Waals surface area contributed by atoms with Crippen LogP contribution in [0.5, 0.6) is 5.75 Å². The lowest BCUT2D eigenvalue weighted by molar-refractivity contribution is 0.0780. The maximum Gasteiger partial charge on any atom is 0.254 e. The van der Waals surface area contributed by atoms with Crippen LogP contribution in [-0.2, 0) is 13.0 Å². The second-order valence-electron chi connectivity index (χ2n) is 9.64. The number of carbonyl (C=O) groups excluding carboxylic acids is 1. The summed E-state index contributed by atoms with van der Waals surface area (Å²) in [5.74, 6) is 3.88. The highest BCUT2D eigenvalue weighted by atomic mass is 16.5. The van der Waals surface area contributed by atoms with Crippen LogP contribution in [0.1, 0.15) is 46.6 Å². The Morgan fingerprint density at radius 2 is 2.00 bits per heavy atom. The summed E-state index contributed by atoms with van der Waals surface area (Å²) in [6.45, 7) is 4.43. The lowest BCUT2D eigenvalue weighted by atomic mass is 9.71. The quantitative estimate of drug-likeness (QED) is 0.540. The Labute approximate surface area is 196 Å². The number of ether oxygens (including phenoxy) is 1. The number of hydrogen-bond donors (Lipinski definition) is 0. The van der Waals surface area contributed by atoms with Crippen molar-refractivity contribution < 1.29 is 9.53 Å². The molecule has 1 amide bonds. The highest BCUT2D eigenvalue weighted by Gasteiger charge is 2.42. The number of aryl methyl sites for hydroxylation is 1. The molecule has 1 saturated heterocycles. The number of imidazole rings is 1. The first-order chi connectivity index (χ1) is 16.1. The van der Waals surface area contributed by atoms with E-state index in [2.05, 4.69) is 38.7 Å². The minimum Gasteiger partial charge on any atom is -0.497 e. The monoisotopic (exact) mass is 443 g/mol. The molecule has 172 valence electrons. The van der Waals surface area contributed by atoms with Gasteiger partial charge in [0, 0.05) is 37.6 Å². The van der Waals surface area contributed by atoms with Crippen molar-refractivity contribution in [3.8, 4) is 5.75 Å². The van der Waals surface area contributed by atoms with E-state index in [1.807, 2.05) is 43.6 Å². The number of carbonyl (C=O) groups is 1. The topological polar surface area (TPSA) is 47.4 Å². The number of methoxy groups -OCH3 is 1. The highest BCUT2D eigenvalue weighted by molar-refractivity contribution is 5.96. The van der Waals surface area contributed by atoms with Gasteiger partial charge in [0.2, 0.25) is 0 Å². The van der Waals surface area contributed by atoms with Gasteiger partial charge in [0.05, 0.1) is 7.11 Å². The second kappa shape index (κ2) is 9.42. The van der Waals surface area contributed by atoms with Gasteiger partial charge in [0.25, 0.3) is 5.91 Å². The minimum absolute atomic E-state index is 0.179. The van der Waals surface area contributed by atoms with Gasteiger partial charge < -0.3 is 14.2 Å². The number of benzene rings is 2. The molecule has 1 aromatic heterocycles. The predicted molar refractivity (Wildman–Crippen MR) is 129 cm³/mol. The van der Waals surface area contributed by atoms with Gasteiger partial charge in [-0.05, 0) is 73.3 Å². The first-order valence-electron chi connectivity index (χ1n) is 12.1. The van der Waals surface area contributed by atoms with Crippen LogP contribution < -0.4 is 4.74 Å². The van der Waals surface area contributed by atoms with Crippen LogP contribution in [0.4, 0.5) is 0 Å². The molecular formula is C28H33N3O2. The maximum absolute atomic E-state index is 13.7. The van der Waals surface area contributed by atoms with Crippen LogP contribution in [0.25, 0.3) is 0 Å². The van der Waals surface area contributed by atoms with Crippen molar-refractivity contribution >= 4 is 5.91 Å². The zero-order valence-corrected chi connectivity index (χ0v) is 19.6. The number of fused-ring (bicyclic) bond motifs is 1. The molecule has 2 aliphatic rings. The molecule has 1 saturated carbocycles. The molecule has 0 N–H and O–H groups in total. The summed E-state index contributed by atoms with van der Waals surface area (Å²) in [4.78, 5) is 20.1. The molecule has 0 unspecified atom stereocenters. The van der Waals surface area contributed by atoms with Crippen LogP contribution in [0.3, 0.4) is 0 Å². The fourth-order valence-electron chi connectivity index (χ4n) is 5.91. The smallest absolute Gasteiger partial charge is 0.254 e. The van der Waals surface area contributed by atoms with E-state index in [1.165, 1.54) is 24.8 Å². The summed E-state index contributed by atoms with van der Waals surface area (Å²) in [6.07, 6.45) is 8.60. The Balaban J connectivity index is 1.32. The fraction of sp³-hybridized carbons (Fsp3) is 0.429. The Morgan fingerprint density at radius 3 is 2.82 bits per heavy atom. The van der Waals surface area contributed by atoms with Gasteiger partial charge in [0.1, 0.15) is 11.6 Å². The predicted octanol–water partition coefficient (Wildman–Crippen LogP) is 4.98. The van der Waals surface area contributed by atoms with Gasteiger partial charge in [-0.15, -0.1) is 0 Å². The van der Waals surface area contributed by atoms with Gasteiger partial charge in [-0.25, -0.2) is 4.98 Å². The number of amides is 1. The summed E-state index contributed by atoms with van der Waals surface area (Å²) in [7, 11) is 1.72. The molecule has 2 aromatic carbocycles. The Hall–Kier alpha value is -3.08. The Kier molecular flexibility index (Phi) is 6.21. The standard InChI is InChI=1S/C28H33N3O2/c1-20-29-13-14-30(20)17-23-8-3-4-12-26(23)28(32)31-18-24-10-6-9-22(27(24)19-31)15-21-7-5-11-25(16-21)33-2/h3-5,7-8,11-14,16,22,24,27H,6,9-10,15,17-19H2,1-2H3/t22-,24-,27-/m1/s1. The summed E-state index contributed by atoms with van der Waals surface area (Å²) in [5.41, 5.74) is 3.23. The molecule has 2 heterocycles. The number of nitrogens with zero attached hydrogens (tertiary/aromatic N) is 3. The van der Waals surface area contributed by atoms with E-state index in [0.717, 1.165) is 42.2 Å². The van der Waals surface area contributed by atoms with Crippen molar-refractivity contribution in [2.45, 2.75) is 39.2 Å². The van der Waals surface area contributed by atoms with Crippen molar-refractivity contribution in [1.29, 1.82) is 0 Å². The van der Waals surface area contributed by atoms with Crippen molar-refractivity contribution in [3.63, 3.8) is 0 Å². The molecule has 5 nitrogen and oxygen atoms in total. The highest BCUT2D eigenvalue weighted by Crippen LogP contribution is 2.42. The average molecular weight is 444 g/mol. The summed E-state index contributed by atoms with van der Waals surface area (Å²) >= 11 is 0. The van der Waals surface area contributed by atoms with Crippen molar-refractivity contribution in [2.75, 3.05) is 20.2 Å². The molecule has 33 heavy (non-hydrogen) atoms. The largest absolute Gasteiger partial charge is 0.497 e. The van der Waals surface area contributed by atoms with Gasteiger partial charge in [-0.2, -0.15) is 0 Å². The molecule has 3 aromatic rings. The third kappa shape index (κ3) is 4.54. The molecule has 0 radical (unpaired) electrons. The molecule has 2 fully saturated rings. The minimum atomic E-state index is 0.179. The Bertz CT molecular complexity index is 1120. The molecule has 5 heteroatoms. The van der Waals surface area contributed by atoms with Crippen molar-refractivity contribution in [2.24, 2.45) is 17.8 Å². The van der Waals surface area contributed by atoms with Gasteiger partial charge >= 0.3 is 0 Å². The molecule has 1 aliphatic heterocycles. The van der Waals surface area contributed by atoms with Crippen LogP contribution in [-0.4, -0.2) is 40.6 Å². The van der Waals surface area contributed by atoms with Crippen LogP contribution in [0.15, 0.2) is 60.9 Å². The van der Waals surface area contributed by atoms with E-state index in [0.29, 0.717) is 24.3 Å². The lowest BCUT2D eigenvalue weighted by Crippen LogP contribution is -2.31. The Morgan fingerprint density at radius 1 is 1.12 bits per heavy atom. The number of rotatable bonds is 6. The maximum atomic E-state index is 13.7. The third-order valence-electron chi connectivity index (χ3n) is 7.68. The average Bonchev–Trinajstić information content (AvgIpc) is 3.46. The van der Waals surface area contributed by atoms with E-state index in [9.17, 15) is 4.79 Å². The molecule has 0 spiro atoms. The van der Waals surface area contributed by atoms with Crippen molar-refractivity contribution in [3.05, 3.63) is 83.4 Å². The van der Waals surface area contributed by atoms with Crippen LogP contribution in [0.2, 0.25) is 0 Å². The van der Waals surface area contributed by atoms with Crippen molar-refractivity contribution in [1.82, 2.24) is 14.5 Å². The molecule has 0 bridgehead atoms. The van der Waals surface area contributed by atoms with Gasteiger partial charge in [-0.3, -0.25) is 4.79 Å². The SMILES string of the molecule is COc1cccc(C[C@H]2CCC[C@@H]3CN(C(=O)c4ccccc4Cn4ccnc4C)C[C@H]23)c1. The molecule has 3 atom stereocenters. The van der Waals surface area contributed by atoms with E-state index < -0.39 is 0 Å². The van der Waals surface area contributed by atoms with E-state index >= 15 is 0 Å². The van der Waals surface area contributed by atoms with Crippen LogP contribution in [0, 0.1) is 24.7 Å². The zero-order valence-electron chi connectivity index (χ0n) is 19.6. The molecule has 1 aliphatic carbocycles. The van der Waals surface area contributed by atoms with E-state index in [4.69, 9.17) is 4.74 Å². The first kappa shape index (κ1) is 21.7. The summed E-state index contributed by atoms with van der Waals surface area (Å²) in [6, 6.07) is 16.5. The lowest BCUT2D eigenvalue weighted by Gasteiger charge is -2.33. The van der Waals surface area contributed by atoms with Gasteiger partial charge in [0.15, 0.2) is 0 Å². The molecular weight excluding hydrogens is 410 g/mol. The number of aromatic nitrogens is 2. The summed E-state index contributed by atoms with van der Waals surface area (Å²) < 4.78 is 7.52. The zero-order chi connectivity index (χ0) is 22.8. The summed E-state index contributed by atoms with van der Waals surface area (Å²) in [5, 5.41) is 0. The number of hydrogen-bond acceptors (Lipinski definition) is 3. The van der Waals surface area contributed by atoms with Gasteiger partial charge in [-0.1, -0.05) is 36.8 Å². The normalized spacial score (nSPS) is 22.2. The van der Waals surface area contributed by atoms with E-state index in [1.54, 1.807) is 7.11 Å².